The van der Waals surface area contributed by atoms with Gasteiger partial charge in [0, 0.05) is 29.5 Å². The predicted octanol–water partition coefficient (Wildman–Crippen LogP) is 5.52. The molecular formula is C26H22F4N6O2S. The number of rotatable bonds is 8. The molecule has 1 aromatic carbocycles. The molecule has 0 radical (unpaired) electrons. The lowest BCUT2D eigenvalue weighted by atomic mass is 9.84. The van der Waals surface area contributed by atoms with Gasteiger partial charge in [0.25, 0.3) is 0 Å². The van der Waals surface area contributed by atoms with Gasteiger partial charge in [-0.05, 0) is 38.5 Å². The molecule has 13 heteroatoms. The molecule has 1 N–H and O–H groups in total. The number of amides is 1. The number of ketones is 1. The Morgan fingerprint density at radius 3 is 2.64 bits per heavy atom. The number of carbonyl (C=O) groups excluding carboxylic acids is 2. The van der Waals surface area contributed by atoms with Crippen molar-refractivity contribution in [3.05, 3.63) is 65.2 Å². The number of thioether (sulfide) groups is 1. The van der Waals surface area contributed by atoms with Gasteiger partial charge in [0.05, 0.1) is 17.3 Å². The van der Waals surface area contributed by atoms with Crippen molar-refractivity contribution in [3.63, 3.8) is 0 Å². The average Bonchev–Trinajstić information content (AvgIpc) is 3.36. The minimum absolute atomic E-state index is 0.0248. The van der Waals surface area contributed by atoms with E-state index >= 15 is 0 Å². The molecule has 1 aliphatic rings. The van der Waals surface area contributed by atoms with Crippen molar-refractivity contribution >= 4 is 40.3 Å². The third-order valence-corrected chi connectivity index (χ3v) is 7.23. The standard InChI is InChI=1S/C26H22F4N6O2S/c1-25(2)18-20(17(37)10-6-12-39-26(28,29)30)32-22(33-21(18)34-24(25)38)19-15-8-5-11-31-23(15)36(35-19)13-14-7-3-4-9-16(14)27/h3-5,7-9,11H,6,10,12-13H2,1-2H3,(H,32,33,34,38). The second-order valence-electron chi connectivity index (χ2n) is 9.49. The number of carbonyl (C=O) groups is 2. The maximum atomic E-state index is 14.4. The lowest BCUT2D eigenvalue weighted by molar-refractivity contribution is -0.119. The smallest absolute Gasteiger partial charge is 0.310 e. The molecule has 0 aliphatic carbocycles. The highest BCUT2D eigenvalue weighted by atomic mass is 32.2. The monoisotopic (exact) mass is 558 g/mol. The first-order chi connectivity index (χ1) is 18.5. The number of hydrogen-bond acceptors (Lipinski definition) is 7. The van der Waals surface area contributed by atoms with Crippen LogP contribution in [0.4, 0.5) is 23.4 Å². The van der Waals surface area contributed by atoms with Crippen molar-refractivity contribution in [1.29, 1.82) is 0 Å². The molecule has 0 unspecified atom stereocenters. The molecule has 5 rings (SSSR count). The van der Waals surface area contributed by atoms with Gasteiger partial charge in [-0.25, -0.2) is 24.0 Å². The van der Waals surface area contributed by atoms with E-state index in [-0.39, 0.29) is 71.4 Å². The summed E-state index contributed by atoms with van der Waals surface area (Å²) < 4.78 is 53.5. The fourth-order valence-corrected chi connectivity index (χ4v) is 4.96. The molecule has 0 atom stereocenters. The fourth-order valence-electron chi connectivity index (χ4n) is 4.44. The number of nitrogens with one attached hydrogen (secondary N) is 1. The second-order valence-corrected chi connectivity index (χ2v) is 10.7. The molecule has 3 aromatic heterocycles. The lowest BCUT2D eigenvalue weighted by Crippen LogP contribution is -2.28. The normalized spacial score (nSPS) is 14.5. The van der Waals surface area contributed by atoms with E-state index in [0.29, 0.717) is 16.6 Å². The molecule has 39 heavy (non-hydrogen) atoms. The first-order valence-corrected chi connectivity index (χ1v) is 13.0. The Balaban J connectivity index is 1.57. The van der Waals surface area contributed by atoms with Crippen molar-refractivity contribution in [2.24, 2.45) is 0 Å². The Labute approximate surface area is 224 Å². The molecular weight excluding hydrogens is 536 g/mol. The Morgan fingerprint density at radius 1 is 1.13 bits per heavy atom. The third kappa shape index (κ3) is 5.22. The zero-order chi connectivity index (χ0) is 27.9. The number of Topliss-reactive ketones (excluding diaryl/α,β-unsaturated/α-hetero) is 1. The van der Waals surface area contributed by atoms with Crippen molar-refractivity contribution in [3.8, 4) is 11.5 Å². The molecule has 0 spiro atoms. The molecule has 0 saturated carbocycles. The van der Waals surface area contributed by atoms with E-state index in [0.717, 1.165) is 0 Å². The Kier molecular flexibility index (Phi) is 6.87. The van der Waals surface area contributed by atoms with Gasteiger partial charge < -0.3 is 5.32 Å². The van der Waals surface area contributed by atoms with Crippen molar-refractivity contribution < 1.29 is 27.2 Å². The summed E-state index contributed by atoms with van der Waals surface area (Å²) >= 11 is -0.196. The Hall–Kier alpha value is -3.87. The largest absolute Gasteiger partial charge is 0.441 e. The van der Waals surface area contributed by atoms with E-state index in [9.17, 15) is 27.2 Å². The van der Waals surface area contributed by atoms with Gasteiger partial charge in [0.1, 0.15) is 23.0 Å². The van der Waals surface area contributed by atoms with E-state index in [1.165, 1.54) is 10.7 Å². The average molecular weight is 559 g/mol. The SMILES string of the molecule is CC1(C)C(=O)Nc2nc(-c3nn(Cc4ccccc4F)c4ncccc34)nc(C(=O)CCCSC(F)(F)F)c21. The second kappa shape index (κ2) is 10.0. The lowest BCUT2D eigenvalue weighted by Gasteiger charge is -2.17. The van der Waals surface area contributed by atoms with Gasteiger partial charge in [-0.2, -0.15) is 18.3 Å². The van der Waals surface area contributed by atoms with Gasteiger partial charge in [-0.3, -0.25) is 9.59 Å². The summed E-state index contributed by atoms with van der Waals surface area (Å²) in [6.45, 7) is 3.31. The molecule has 0 fully saturated rings. The van der Waals surface area contributed by atoms with Crippen LogP contribution in [0.2, 0.25) is 0 Å². The van der Waals surface area contributed by atoms with E-state index in [2.05, 4.69) is 25.4 Å². The zero-order valence-electron chi connectivity index (χ0n) is 20.8. The molecule has 0 saturated heterocycles. The van der Waals surface area contributed by atoms with E-state index < -0.39 is 22.5 Å². The van der Waals surface area contributed by atoms with E-state index in [4.69, 9.17) is 0 Å². The summed E-state index contributed by atoms with van der Waals surface area (Å²) in [5, 5.41) is 7.82. The van der Waals surface area contributed by atoms with Crippen LogP contribution in [-0.4, -0.2) is 47.7 Å². The summed E-state index contributed by atoms with van der Waals surface area (Å²) in [5.41, 5.74) is -4.20. The molecule has 0 bridgehead atoms. The maximum absolute atomic E-state index is 14.4. The summed E-state index contributed by atoms with van der Waals surface area (Å²) in [4.78, 5) is 39.4. The Bertz CT molecular complexity index is 1600. The third-order valence-electron chi connectivity index (χ3n) is 6.41. The highest BCUT2D eigenvalue weighted by Gasteiger charge is 2.44. The van der Waals surface area contributed by atoms with Crippen LogP contribution in [0.1, 0.15) is 48.3 Å². The number of aromatic nitrogens is 5. The highest BCUT2D eigenvalue weighted by molar-refractivity contribution is 8.00. The van der Waals surface area contributed by atoms with Crippen LogP contribution in [0.15, 0.2) is 42.6 Å². The number of fused-ring (bicyclic) bond motifs is 2. The predicted molar refractivity (Wildman–Crippen MR) is 138 cm³/mol. The molecule has 1 aliphatic heterocycles. The van der Waals surface area contributed by atoms with Crippen molar-refractivity contribution in [2.75, 3.05) is 11.1 Å². The van der Waals surface area contributed by atoms with Crippen LogP contribution in [-0.2, 0) is 16.8 Å². The van der Waals surface area contributed by atoms with Crippen LogP contribution >= 0.6 is 11.8 Å². The molecule has 1 amide bonds. The van der Waals surface area contributed by atoms with Crippen LogP contribution in [0, 0.1) is 5.82 Å². The van der Waals surface area contributed by atoms with Gasteiger partial charge in [0.15, 0.2) is 17.3 Å². The first kappa shape index (κ1) is 26.7. The number of benzene rings is 1. The molecule has 4 aromatic rings. The molecule has 202 valence electrons. The number of halogens is 4. The zero-order valence-corrected chi connectivity index (χ0v) is 21.7. The number of nitrogens with zero attached hydrogens (tertiary/aromatic N) is 5. The minimum atomic E-state index is -4.39. The minimum Gasteiger partial charge on any atom is -0.310 e. The van der Waals surface area contributed by atoms with Crippen LogP contribution in [0.5, 0.6) is 0 Å². The van der Waals surface area contributed by atoms with Crippen LogP contribution in [0.3, 0.4) is 0 Å². The van der Waals surface area contributed by atoms with Gasteiger partial charge in [-0.1, -0.05) is 30.0 Å². The summed E-state index contributed by atoms with van der Waals surface area (Å²) in [7, 11) is 0. The van der Waals surface area contributed by atoms with Gasteiger partial charge in [-0.15, -0.1) is 0 Å². The highest BCUT2D eigenvalue weighted by Crippen LogP contribution is 2.40. The topological polar surface area (TPSA) is 103 Å². The van der Waals surface area contributed by atoms with Crippen molar-refractivity contribution in [1.82, 2.24) is 24.7 Å². The van der Waals surface area contributed by atoms with Crippen LogP contribution < -0.4 is 5.32 Å². The quantitative estimate of drug-likeness (QED) is 0.173. The first-order valence-electron chi connectivity index (χ1n) is 12.0. The number of alkyl halides is 3. The van der Waals surface area contributed by atoms with Gasteiger partial charge in [0.2, 0.25) is 5.91 Å². The van der Waals surface area contributed by atoms with E-state index in [1.54, 1.807) is 50.4 Å². The van der Waals surface area contributed by atoms with Crippen molar-refractivity contribution in [2.45, 2.75) is 44.2 Å². The summed E-state index contributed by atoms with van der Waals surface area (Å²) in [6.07, 6.45) is 1.34. The summed E-state index contributed by atoms with van der Waals surface area (Å²) in [5.74, 6) is -1.41. The number of hydrogen-bond donors (Lipinski definition) is 1. The summed E-state index contributed by atoms with van der Waals surface area (Å²) in [6, 6.07) is 9.67. The number of pyridine rings is 1. The Morgan fingerprint density at radius 2 is 1.90 bits per heavy atom. The fraction of sp³-hybridized carbons (Fsp3) is 0.308. The maximum Gasteiger partial charge on any atom is 0.441 e. The van der Waals surface area contributed by atoms with Gasteiger partial charge >= 0.3 is 5.51 Å². The van der Waals surface area contributed by atoms with E-state index in [1.807, 2.05) is 0 Å². The molecule has 4 heterocycles. The van der Waals surface area contributed by atoms with Crippen LogP contribution in [0.25, 0.3) is 22.6 Å². The number of anilines is 1. The molecule has 8 nitrogen and oxygen atoms in total.